The van der Waals surface area contributed by atoms with Gasteiger partial charge in [-0.15, -0.1) is 0 Å². The zero-order valence-electron chi connectivity index (χ0n) is 11.5. The van der Waals surface area contributed by atoms with E-state index in [0.717, 1.165) is 30.6 Å². The summed E-state index contributed by atoms with van der Waals surface area (Å²) in [6.07, 6.45) is 3.29. The van der Waals surface area contributed by atoms with Crippen LogP contribution in [0.5, 0.6) is 5.75 Å². The first kappa shape index (κ1) is 13.9. The van der Waals surface area contributed by atoms with Gasteiger partial charge >= 0.3 is 5.97 Å². The largest absolute Gasteiger partial charge is 0.497 e. The smallest absolute Gasteiger partial charge is 0.308 e. The van der Waals surface area contributed by atoms with Crippen molar-refractivity contribution < 1.29 is 19.0 Å². The Labute approximate surface area is 113 Å². The third-order valence-electron chi connectivity index (χ3n) is 3.64. The van der Waals surface area contributed by atoms with E-state index in [2.05, 4.69) is 0 Å². The number of carbonyl (C=O) groups excluding carboxylic acids is 1. The number of benzene rings is 1. The van der Waals surface area contributed by atoms with Crippen molar-refractivity contribution in [2.24, 2.45) is 0 Å². The first-order valence-corrected chi connectivity index (χ1v) is 6.51. The standard InChI is InChI=1S/C15H20O4/c1-17-13-6-3-5-12(9-13)11-19-15(7-4-8-15)10-14(16)18-2/h3,5-6,9H,4,7-8,10-11H2,1-2H3. The molecule has 1 fully saturated rings. The molecule has 1 saturated carbocycles. The fourth-order valence-electron chi connectivity index (χ4n) is 2.28. The second kappa shape index (κ2) is 6.06. The Balaban J connectivity index is 1.94. The van der Waals surface area contributed by atoms with Crippen LogP contribution in [-0.4, -0.2) is 25.8 Å². The first-order chi connectivity index (χ1) is 9.17. The Morgan fingerprint density at radius 1 is 1.32 bits per heavy atom. The molecule has 0 unspecified atom stereocenters. The molecular formula is C15H20O4. The van der Waals surface area contributed by atoms with Crippen LogP contribution in [0.1, 0.15) is 31.2 Å². The van der Waals surface area contributed by atoms with Crippen LogP contribution in [0, 0.1) is 0 Å². The molecular weight excluding hydrogens is 244 g/mol. The van der Waals surface area contributed by atoms with Crippen molar-refractivity contribution in [3.05, 3.63) is 29.8 Å². The minimum atomic E-state index is -0.323. The van der Waals surface area contributed by atoms with Gasteiger partial charge in [0.2, 0.25) is 0 Å². The summed E-state index contributed by atoms with van der Waals surface area (Å²) < 4.78 is 15.9. The van der Waals surface area contributed by atoms with E-state index in [1.807, 2.05) is 24.3 Å². The summed E-state index contributed by atoms with van der Waals surface area (Å²) in [5.41, 5.74) is 0.728. The summed E-state index contributed by atoms with van der Waals surface area (Å²) in [4.78, 5) is 11.4. The van der Waals surface area contributed by atoms with Crippen LogP contribution in [0.3, 0.4) is 0 Å². The lowest BCUT2D eigenvalue weighted by atomic mass is 9.77. The molecule has 0 aliphatic heterocycles. The van der Waals surface area contributed by atoms with E-state index in [1.54, 1.807) is 7.11 Å². The highest BCUT2D eigenvalue weighted by Gasteiger charge is 2.40. The van der Waals surface area contributed by atoms with Gasteiger partial charge in [0.1, 0.15) is 5.75 Å². The Bertz CT molecular complexity index is 438. The van der Waals surface area contributed by atoms with Crippen molar-refractivity contribution in [3.8, 4) is 5.75 Å². The topological polar surface area (TPSA) is 44.8 Å². The van der Waals surface area contributed by atoms with Crippen LogP contribution in [0.15, 0.2) is 24.3 Å². The van der Waals surface area contributed by atoms with E-state index in [4.69, 9.17) is 14.2 Å². The summed E-state index contributed by atoms with van der Waals surface area (Å²) in [6.45, 7) is 0.494. The number of ether oxygens (including phenoxy) is 3. The highest BCUT2D eigenvalue weighted by Crippen LogP contribution is 2.39. The molecule has 0 aromatic heterocycles. The van der Waals surface area contributed by atoms with Crippen LogP contribution in [0.25, 0.3) is 0 Å². The van der Waals surface area contributed by atoms with Crippen molar-refractivity contribution in [3.63, 3.8) is 0 Å². The molecule has 0 bridgehead atoms. The molecule has 1 aliphatic carbocycles. The van der Waals surface area contributed by atoms with E-state index in [0.29, 0.717) is 13.0 Å². The fraction of sp³-hybridized carbons (Fsp3) is 0.533. The summed E-state index contributed by atoms with van der Waals surface area (Å²) in [6, 6.07) is 7.78. The maximum absolute atomic E-state index is 11.4. The van der Waals surface area contributed by atoms with Crippen molar-refractivity contribution in [1.29, 1.82) is 0 Å². The van der Waals surface area contributed by atoms with Gasteiger partial charge in [-0.25, -0.2) is 0 Å². The van der Waals surface area contributed by atoms with Gasteiger partial charge in [-0.3, -0.25) is 4.79 Å². The van der Waals surface area contributed by atoms with Gasteiger partial charge in [-0.05, 0) is 37.0 Å². The van der Waals surface area contributed by atoms with Crippen molar-refractivity contribution in [2.75, 3.05) is 14.2 Å². The lowest BCUT2D eigenvalue weighted by molar-refractivity contribution is -0.159. The average molecular weight is 264 g/mol. The molecule has 4 nitrogen and oxygen atoms in total. The molecule has 4 heteroatoms. The van der Waals surface area contributed by atoms with Crippen molar-refractivity contribution in [2.45, 2.75) is 37.9 Å². The van der Waals surface area contributed by atoms with Gasteiger partial charge in [0.05, 0.1) is 32.8 Å². The molecule has 1 aromatic rings. The molecule has 0 N–H and O–H groups in total. The van der Waals surface area contributed by atoms with Gasteiger partial charge in [0, 0.05) is 0 Å². The monoisotopic (exact) mass is 264 g/mol. The van der Waals surface area contributed by atoms with E-state index in [1.165, 1.54) is 7.11 Å². The third-order valence-corrected chi connectivity index (χ3v) is 3.64. The zero-order valence-corrected chi connectivity index (χ0v) is 11.5. The molecule has 0 amide bonds. The third kappa shape index (κ3) is 3.47. The molecule has 0 saturated heterocycles. The molecule has 0 atom stereocenters. The molecule has 0 radical (unpaired) electrons. The van der Waals surface area contributed by atoms with E-state index in [9.17, 15) is 4.79 Å². The number of hydrogen-bond acceptors (Lipinski definition) is 4. The predicted octanol–water partition coefficient (Wildman–Crippen LogP) is 2.70. The van der Waals surface area contributed by atoms with Crippen molar-refractivity contribution in [1.82, 2.24) is 0 Å². The van der Waals surface area contributed by atoms with E-state index in [-0.39, 0.29) is 11.6 Å². The maximum Gasteiger partial charge on any atom is 0.308 e. The first-order valence-electron chi connectivity index (χ1n) is 6.51. The van der Waals surface area contributed by atoms with Crippen molar-refractivity contribution >= 4 is 5.97 Å². The van der Waals surface area contributed by atoms with Gasteiger partial charge in [0.15, 0.2) is 0 Å². The van der Waals surface area contributed by atoms with Gasteiger partial charge in [-0.1, -0.05) is 12.1 Å². The highest BCUT2D eigenvalue weighted by atomic mass is 16.5. The molecule has 1 aliphatic rings. The van der Waals surface area contributed by atoms with Crippen LogP contribution >= 0.6 is 0 Å². The Morgan fingerprint density at radius 2 is 2.11 bits per heavy atom. The van der Waals surface area contributed by atoms with Crippen LogP contribution in [0.2, 0.25) is 0 Å². The lowest BCUT2D eigenvalue weighted by Crippen LogP contribution is -2.42. The maximum atomic E-state index is 11.4. The minimum Gasteiger partial charge on any atom is -0.497 e. The van der Waals surface area contributed by atoms with Gasteiger partial charge in [0.25, 0.3) is 0 Å². The number of carbonyl (C=O) groups is 1. The Kier molecular flexibility index (Phi) is 4.43. The second-order valence-corrected chi connectivity index (χ2v) is 4.93. The highest BCUT2D eigenvalue weighted by molar-refractivity contribution is 5.70. The van der Waals surface area contributed by atoms with E-state index >= 15 is 0 Å². The Hall–Kier alpha value is -1.55. The summed E-state index contributed by atoms with van der Waals surface area (Å²) in [7, 11) is 3.06. The predicted molar refractivity (Wildman–Crippen MR) is 71.0 cm³/mol. The SMILES string of the molecule is COC(=O)CC1(OCc2cccc(OC)c2)CCC1. The summed E-state index contributed by atoms with van der Waals surface area (Å²) >= 11 is 0. The normalized spacial score (nSPS) is 16.5. The lowest BCUT2D eigenvalue weighted by Gasteiger charge is -2.40. The molecule has 0 heterocycles. The fourth-order valence-corrected chi connectivity index (χ4v) is 2.28. The molecule has 2 rings (SSSR count). The van der Waals surface area contributed by atoms with E-state index < -0.39 is 0 Å². The number of rotatable bonds is 6. The molecule has 0 spiro atoms. The quantitative estimate of drug-likeness (QED) is 0.741. The minimum absolute atomic E-state index is 0.203. The summed E-state index contributed by atoms with van der Waals surface area (Å²) in [5, 5.41) is 0. The number of hydrogen-bond donors (Lipinski definition) is 0. The second-order valence-electron chi connectivity index (χ2n) is 4.93. The molecule has 104 valence electrons. The number of esters is 1. The molecule has 1 aromatic carbocycles. The van der Waals surface area contributed by atoms with Crippen LogP contribution in [0.4, 0.5) is 0 Å². The molecule has 19 heavy (non-hydrogen) atoms. The van der Waals surface area contributed by atoms with Gasteiger partial charge in [-0.2, -0.15) is 0 Å². The summed E-state index contributed by atoms with van der Waals surface area (Å²) in [5.74, 6) is 0.613. The van der Waals surface area contributed by atoms with Gasteiger partial charge < -0.3 is 14.2 Å². The van der Waals surface area contributed by atoms with Crippen LogP contribution < -0.4 is 4.74 Å². The Morgan fingerprint density at radius 3 is 2.68 bits per heavy atom. The zero-order chi connectivity index (χ0) is 13.7. The van der Waals surface area contributed by atoms with Crippen LogP contribution in [-0.2, 0) is 20.9 Å². The number of methoxy groups -OCH3 is 2. The average Bonchev–Trinajstić information content (AvgIpc) is 2.41.